The molecular weight excluding hydrogens is 356 g/mol. The molecule has 1 amide bonds. The summed E-state index contributed by atoms with van der Waals surface area (Å²) in [5.74, 6) is 0.473. The molecule has 0 aromatic heterocycles. The van der Waals surface area contributed by atoms with Crippen molar-refractivity contribution in [2.75, 3.05) is 27.3 Å². The number of hydrogen-bond acceptors (Lipinski definition) is 5. The minimum atomic E-state index is -3.73. The van der Waals surface area contributed by atoms with E-state index in [0.717, 1.165) is 15.8 Å². The number of sulfonamides is 1. The SMILES string of the molecule is CON(C)S(=O)(=O)c1ccc(C(=O)NCCOc2ccccc2C)cc1. The van der Waals surface area contributed by atoms with E-state index in [0.29, 0.717) is 18.7 Å². The van der Waals surface area contributed by atoms with Crippen LogP contribution in [0.25, 0.3) is 0 Å². The second kappa shape index (κ2) is 8.79. The number of ether oxygens (including phenoxy) is 1. The summed E-state index contributed by atoms with van der Waals surface area (Å²) in [6, 6.07) is 13.3. The van der Waals surface area contributed by atoms with Crippen molar-refractivity contribution >= 4 is 15.9 Å². The molecule has 0 heterocycles. The molecule has 8 heteroatoms. The molecule has 0 atom stereocenters. The van der Waals surface area contributed by atoms with Gasteiger partial charge in [0.15, 0.2) is 0 Å². The number of carbonyl (C=O) groups is 1. The largest absolute Gasteiger partial charge is 0.491 e. The van der Waals surface area contributed by atoms with Crippen LogP contribution in [0.2, 0.25) is 0 Å². The van der Waals surface area contributed by atoms with E-state index < -0.39 is 10.0 Å². The molecule has 0 aliphatic carbocycles. The molecule has 0 radical (unpaired) electrons. The van der Waals surface area contributed by atoms with E-state index in [1.807, 2.05) is 31.2 Å². The summed E-state index contributed by atoms with van der Waals surface area (Å²) in [5, 5.41) is 2.73. The average molecular weight is 378 g/mol. The van der Waals surface area contributed by atoms with Crippen molar-refractivity contribution in [1.82, 2.24) is 9.79 Å². The van der Waals surface area contributed by atoms with Crippen LogP contribution < -0.4 is 10.1 Å². The Hall–Kier alpha value is -2.42. The van der Waals surface area contributed by atoms with Crippen molar-refractivity contribution < 1.29 is 22.8 Å². The van der Waals surface area contributed by atoms with E-state index >= 15 is 0 Å². The lowest BCUT2D eigenvalue weighted by Gasteiger charge is -2.14. The van der Waals surface area contributed by atoms with E-state index in [4.69, 9.17) is 9.57 Å². The number of rotatable bonds is 8. The van der Waals surface area contributed by atoms with E-state index in [1.54, 1.807) is 0 Å². The second-order valence-electron chi connectivity index (χ2n) is 5.49. The van der Waals surface area contributed by atoms with Crippen LogP contribution in [0.3, 0.4) is 0 Å². The Bertz CT molecular complexity index is 850. The molecule has 0 aliphatic rings. The fourth-order valence-electron chi connectivity index (χ4n) is 2.17. The van der Waals surface area contributed by atoms with E-state index in [1.165, 1.54) is 38.4 Å². The zero-order valence-corrected chi connectivity index (χ0v) is 15.7. The van der Waals surface area contributed by atoms with Crippen molar-refractivity contribution in [3.8, 4) is 5.75 Å². The highest BCUT2D eigenvalue weighted by Crippen LogP contribution is 2.16. The Morgan fingerprint density at radius 1 is 1.12 bits per heavy atom. The van der Waals surface area contributed by atoms with Crippen LogP contribution in [-0.2, 0) is 14.9 Å². The number of benzene rings is 2. The van der Waals surface area contributed by atoms with Crippen molar-refractivity contribution in [3.63, 3.8) is 0 Å². The van der Waals surface area contributed by atoms with E-state index in [-0.39, 0.29) is 10.8 Å². The number of aryl methyl sites for hydroxylation is 1. The molecular formula is C18H22N2O5S. The molecule has 0 bridgehead atoms. The van der Waals surface area contributed by atoms with Gasteiger partial charge in [-0.3, -0.25) is 9.63 Å². The predicted octanol–water partition coefficient (Wildman–Crippen LogP) is 1.99. The normalized spacial score (nSPS) is 11.4. The van der Waals surface area contributed by atoms with Crippen molar-refractivity contribution in [3.05, 3.63) is 59.7 Å². The Labute approximate surface area is 153 Å². The summed E-state index contributed by atoms with van der Waals surface area (Å²) in [5.41, 5.74) is 1.39. The van der Waals surface area contributed by atoms with E-state index in [2.05, 4.69) is 5.32 Å². The van der Waals surface area contributed by atoms with Gasteiger partial charge in [0.2, 0.25) is 0 Å². The van der Waals surface area contributed by atoms with Crippen molar-refractivity contribution in [1.29, 1.82) is 0 Å². The molecule has 7 nitrogen and oxygen atoms in total. The van der Waals surface area contributed by atoms with Crippen LogP contribution in [0.1, 0.15) is 15.9 Å². The number of nitrogens with one attached hydrogen (secondary N) is 1. The highest BCUT2D eigenvalue weighted by Gasteiger charge is 2.20. The first-order valence-corrected chi connectivity index (χ1v) is 9.40. The predicted molar refractivity (Wildman–Crippen MR) is 97.4 cm³/mol. The summed E-state index contributed by atoms with van der Waals surface area (Å²) < 4.78 is 30.6. The standard InChI is InChI=1S/C18H22N2O5S/c1-14-6-4-5-7-17(14)25-13-12-19-18(21)15-8-10-16(11-9-15)26(22,23)20(2)24-3/h4-11H,12-13H2,1-3H3,(H,19,21). The smallest absolute Gasteiger partial charge is 0.264 e. The maximum Gasteiger partial charge on any atom is 0.264 e. The van der Waals surface area contributed by atoms with Crippen LogP contribution in [0.4, 0.5) is 0 Å². The van der Waals surface area contributed by atoms with Crippen LogP contribution >= 0.6 is 0 Å². The number of carbonyl (C=O) groups excluding carboxylic acids is 1. The molecule has 2 rings (SSSR count). The van der Waals surface area contributed by atoms with Gasteiger partial charge in [0, 0.05) is 12.6 Å². The molecule has 1 N–H and O–H groups in total. The Kier molecular flexibility index (Phi) is 6.73. The number of nitrogens with zero attached hydrogens (tertiary/aromatic N) is 1. The maximum atomic E-state index is 12.1. The lowest BCUT2D eigenvalue weighted by atomic mass is 10.2. The first-order valence-electron chi connectivity index (χ1n) is 7.96. The molecule has 0 unspecified atom stereocenters. The molecule has 0 saturated carbocycles. The fourth-order valence-corrected chi connectivity index (χ4v) is 3.14. The topological polar surface area (TPSA) is 84.9 Å². The molecule has 140 valence electrons. The van der Waals surface area contributed by atoms with Gasteiger partial charge in [-0.05, 0) is 42.8 Å². The number of amides is 1. The number of hydroxylamine groups is 1. The van der Waals surface area contributed by atoms with Gasteiger partial charge in [-0.25, -0.2) is 8.42 Å². The summed E-state index contributed by atoms with van der Waals surface area (Å²) in [6.07, 6.45) is 0. The van der Waals surface area contributed by atoms with Gasteiger partial charge in [-0.2, -0.15) is 0 Å². The van der Waals surface area contributed by atoms with Gasteiger partial charge in [0.25, 0.3) is 15.9 Å². The summed E-state index contributed by atoms with van der Waals surface area (Å²) >= 11 is 0. The lowest BCUT2D eigenvalue weighted by molar-refractivity contribution is -0.0258. The Morgan fingerprint density at radius 3 is 2.38 bits per heavy atom. The average Bonchev–Trinajstić information content (AvgIpc) is 2.65. The molecule has 2 aromatic rings. The first-order chi connectivity index (χ1) is 12.4. The van der Waals surface area contributed by atoms with Gasteiger partial charge < -0.3 is 10.1 Å². The molecule has 2 aromatic carbocycles. The van der Waals surface area contributed by atoms with Crippen LogP contribution in [-0.4, -0.2) is 46.1 Å². The van der Waals surface area contributed by atoms with Crippen molar-refractivity contribution in [2.24, 2.45) is 0 Å². The highest BCUT2D eigenvalue weighted by molar-refractivity contribution is 7.89. The van der Waals surface area contributed by atoms with Crippen LogP contribution in [0, 0.1) is 6.92 Å². The number of hydrogen-bond donors (Lipinski definition) is 1. The molecule has 0 saturated heterocycles. The third kappa shape index (κ3) is 4.81. The van der Waals surface area contributed by atoms with Crippen molar-refractivity contribution in [2.45, 2.75) is 11.8 Å². The van der Waals surface area contributed by atoms with Gasteiger partial charge in [-0.15, -0.1) is 0 Å². The van der Waals surface area contributed by atoms with E-state index in [9.17, 15) is 13.2 Å². The fraction of sp³-hybridized carbons (Fsp3) is 0.278. The second-order valence-corrected chi connectivity index (χ2v) is 7.43. The zero-order chi connectivity index (χ0) is 19.2. The molecule has 0 fully saturated rings. The molecule has 26 heavy (non-hydrogen) atoms. The quantitative estimate of drug-likeness (QED) is 0.561. The Balaban J connectivity index is 1.89. The zero-order valence-electron chi connectivity index (χ0n) is 14.9. The highest BCUT2D eigenvalue weighted by atomic mass is 32.2. The Morgan fingerprint density at radius 2 is 1.77 bits per heavy atom. The summed E-state index contributed by atoms with van der Waals surface area (Å²) in [6.45, 7) is 2.62. The summed E-state index contributed by atoms with van der Waals surface area (Å²) in [7, 11) is -1.17. The van der Waals surface area contributed by atoms with Crippen LogP contribution in [0.5, 0.6) is 5.75 Å². The minimum Gasteiger partial charge on any atom is -0.491 e. The lowest BCUT2D eigenvalue weighted by Crippen LogP contribution is -2.28. The summed E-state index contributed by atoms with van der Waals surface area (Å²) in [4.78, 5) is 16.9. The molecule has 0 spiro atoms. The number of para-hydroxylation sites is 1. The van der Waals surface area contributed by atoms with Gasteiger partial charge >= 0.3 is 0 Å². The minimum absolute atomic E-state index is 0.0429. The van der Waals surface area contributed by atoms with Gasteiger partial charge in [0.1, 0.15) is 12.4 Å². The van der Waals surface area contributed by atoms with Crippen LogP contribution in [0.15, 0.2) is 53.4 Å². The monoisotopic (exact) mass is 378 g/mol. The van der Waals surface area contributed by atoms with Gasteiger partial charge in [0.05, 0.1) is 18.6 Å². The first kappa shape index (κ1) is 19.9. The third-order valence-electron chi connectivity index (χ3n) is 3.75. The maximum absolute atomic E-state index is 12.1. The molecule has 0 aliphatic heterocycles. The van der Waals surface area contributed by atoms with Gasteiger partial charge in [-0.1, -0.05) is 22.7 Å². The third-order valence-corrected chi connectivity index (χ3v) is 5.44.